The van der Waals surface area contributed by atoms with E-state index in [0.29, 0.717) is 0 Å². The summed E-state index contributed by atoms with van der Waals surface area (Å²) in [5.41, 5.74) is 3.01. The molecular formula is C6H4Br2N3. The zero-order chi connectivity index (χ0) is 7.84. The Morgan fingerprint density at radius 1 is 1.45 bits per heavy atom. The second kappa shape index (κ2) is 2.73. The summed E-state index contributed by atoms with van der Waals surface area (Å²) in [6.07, 6.45) is 3.67. The number of aliphatic imine (C=N–C) groups is 1. The Hall–Kier alpha value is -0.130. The maximum atomic E-state index is 4.18. The number of nitrogens with one attached hydrogen (secondary N) is 1. The van der Waals surface area contributed by atoms with Crippen molar-refractivity contribution in [2.24, 2.45) is 4.99 Å². The summed E-state index contributed by atoms with van der Waals surface area (Å²) in [7, 11) is 0. The summed E-state index contributed by atoms with van der Waals surface area (Å²) in [6, 6.07) is 0. The van der Waals surface area contributed by atoms with Crippen molar-refractivity contribution in [2.45, 2.75) is 0 Å². The molecule has 57 valence electrons. The minimum absolute atomic E-state index is 0.883. The Morgan fingerprint density at radius 3 is 3.09 bits per heavy atom. The number of nitrogens with zero attached hydrogens (tertiary/aromatic N) is 2. The summed E-state index contributed by atoms with van der Waals surface area (Å²) in [5.74, 6) is 0.883. The molecule has 2 heterocycles. The van der Waals surface area contributed by atoms with Gasteiger partial charge in [-0.05, 0) is 31.9 Å². The molecule has 2 aliphatic heterocycles. The van der Waals surface area contributed by atoms with Gasteiger partial charge < -0.3 is 0 Å². The fourth-order valence-corrected chi connectivity index (χ4v) is 1.57. The largest absolute Gasteiger partial charge is 0.264 e. The van der Waals surface area contributed by atoms with Gasteiger partial charge in [0.25, 0.3) is 0 Å². The smallest absolute Gasteiger partial charge is 0.159 e. The molecule has 0 aromatic heterocycles. The van der Waals surface area contributed by atoms with E-state index >= 15 is 0 Å². The monoisotopic (exact) mass is 276 g/mol. The molecule has 0 atom stereocenters. The molecule has 5 heteroatoms. The first-order valence-electron chi connectivity index (χ1n) is 2.97. The Bertz CT molecular complexity index is 280. The van der Waals surface area contributed by atoms with Crippen molar-refractivity contribution in [1.82, 2.24) is 10.4 Å². The van der Waals surface area contributed by atoms with Gasteiger partial charge in [-0.15, -0.1) is 0 Å². The van der Waals surface area contributed by atoms with Gasteiger partial charge in [0.15, 0.2) is 5.82 Å². The van der Waals surface area contributed by atoms with Gasteiger partial charge in [-0.1, -0.05) is 0 Å². The molecule has 0 aromatic rings. The quantitative estimate of drug-likeness (QED) is 0.732. The van der Waals surface area contributed by atoms with Crippen molar-refractivity contribution in [3.8, 4) is 0 Å². The molecule has 2 rings (SSSR count). The predicted octanol–water partition coefficient (Wildman–Crippen LogP) is 1.85. The van der Waals surface area contributed by atoms with Crippen LogP contribution < -0.4 is 5.43 Å². The Labute approximate surface area is 81.1 Å². The maximum Gasteiger partial charge on any atom is 0.159 e. The lowest BCUT2D eigenvalue weighted by molar-refractivity contribution is 0.402. The predicted molar refractivity (Wildman–Crippen MR) is 50.7 cm³/mol. The standard InChI is InChI=1S/C6H4Br2N3/c7-4-1-9-6-5(8)2-10-11(6)3-4/h1-3,10H. The molecule has 0 bridgehead atoms. The van der Waals surface area contributed by atoms with E-state index in [1.807, 2.05) is 17.8 Å². The van der Waals surface area contributed by atoms with Gasteiger partial charge in [-0.2, -0.15) is 0 Å². The molecule has 3 nitrogen and oxygen atoms in total. The number of fused-ring (bicyclic) bond motifs is 1. The van der Waals surface area contributed by atoms with Crippen molar-refractivity contribution in [3.63, 3.8) is 0 Å². The molecule has 0 aromatic carbocycles. The van der Waals surface area contributed by atoms with Gasteiger partial charge in [0.1, 0.15) is 0 Å². The zero-order valence-electron chi connectivity index (χ0n) is 5.38. The van der Waals surface area contributed by atoms with E-state index in [4.69, 9.17) is 0 Å². The first-order chi connectivity index (χ1) is 5.27. The minimum Gasteiger partial charge on any atom is -0.264 e. The number of hydrazine groups is 1. The molecule has 1 radical (unpaired) electrons. The molecule has 0 aliphatic carbocycles. The van der Waals surface area contributed by atoms with E-state index in [1.165, 1.54) is 0 Å². The molecule has 0 fully saturated rings. The second-order valence-corrected chi connectivity index (χ2v) is 3.86. The van der Waals surface area contributed by atoms with E-state index in [1.54, 1.807) is 6.21 Å². The number of hydrogen-bond donors (Lipinski definition) is 1. The Balaban J connectivity index is 2.37. The summed E-state index contributed by atoms with van der Waals surface area (Å²) in [5, 5.41) is 1.83. The lowest BCUT2D eigenvalue weighted by atomic mass is 10.5. The highest BCUT2D eigenvalue weighted by molar-refractivity contribution is 9.12. The molecule has 1 N–H and O–H groups in total. The average molecular weight is 278 g/mol. The van der Waals surface area contributed by atoms with Crippen LogP contribution in [0.25, 0.3) is 0 Å². The summed E-state index contributed by atoms with van der Waals surface area (Å²) in [6.45, 7) is 1.84. The molecule has 0 amide bonds. The summed E-state index contributed by atoms with van der Waals surface area (Å²) < 4.78 is 1.91. The molecule has 11 heavy (non-hydrogen) atoms. The third-order valence-corrected chi connectivity index (χ3v) is 2.33. The van der Waals surface area contributed by atoms with Crippen LogP contribution in [0.1, 0.15) is 0 Å². The second-order valence-electron chi connectivity index (χ2n) is 2.09. The van der Waals surface area contributed by atoms with Gasteiger partial charge >= 0.3 is 0 Å². The molecule has 2 aliphatic rings. The number of hydrogen-bond acceptors (Lipinski definition) is 3. The molecule has 0 saturated heterocycles. The molecular weight excluding hydrogens is 274 g/mol. The Kier molecular flexibility index (Phi) is 1.86. The van der Waals surface area contributed by atoms with Crippen LogP contribution in [0.2, 0.25) is 0 Å². The third-order valence-electron chi connectivity index (χ3n) is 1.33. The maximum absolute atomic E-state index is 4.18. The number of rotatable bonds is 0. The van der Waals surface area contributed by atoms with Crippen LogP contribution in [-0.4, -0.2) is 11.2 Å². The number of allylic oxidation sites excluding steroid dienone is 1. The van der Waals surface area contributed by atoms with E-state index in [-0.39, 0.29) is 0 Å². The van der Waals surface area contributed by atoms with Crippen LogP contribution in [0, 0.1) is 6.54 Å². The normalized spacial score (nSPS) is 22.4. The fourth-order valence-electron chi connectivity index (χ4n) is 0.869. The zero-order valence-corrected chi connectivity index (χ0v) is 8.55. The lowest BCUT2D eigenvalue weighted by Gasteiger charge is -2.17. The highest BCUT2D eigenvalue weighted by Crippen LogP contribution is 2.27. The summed E-state index contributed by atoms with van der Waals surface area (Å²) >= 11 is 6.68. The molecule has 0 saturated carbocycles. The Morgan fingerprint density at radius 2 is 2.27 bits per heavy atom. The highest BCUT2D eigenvalue weighted by Gasteiger charge is 2.20. The third kappa shape index (κ3) is 1.28. The summed E-state index contributed by atoms with van der Waals surface area (Å²) in [4.78, 5) is 4.18. The van der Waals surface area contributed by atoms with Gasteiger partial charge in [0.05, 0.1) is 15.5 Å². The average Bonchev–Trinajstić information content (AvgIpc) is 2.32. The van der Waals surface area contributed by atoms with E-state index in [9.17, 15) is 0 Å². The minimum atomic E-state index is 0.883. The van der Waals surface area contributed by atoms with Gasteiger partial charge in [0, 0.05) is 12.4 Å². The van der Waals surface area contributed by atoms with Crippen LogP contribution in [0.4, 0.5) is 0 Å². The van der Waals surface area contributed by atoms with Crippen molar-refractivity contribution in [1.29, 1.82) is 0 Å². The van der Waals surface area contributed by atoms with Gasteiger partial charge in [0.2, 0.25) is 0 Å². The SMILES string of the molecule is BrC1=CN2N[CH]C(Br)=C2N=C1. The lowest BCUT2D eigenvalue weighted by Crippen LogP contribution is -2.25. The van der Waals surface area contributed by atoms with Crippen molar-refractivity contribution < 1.29 is 0 Å². The fraction of sp³-hybridized carbons (Fsp3) is 0. The van der Waals surface area contributed by atoms with Crippen molar-refractivity contribution in [2.75, 3.05) is 0 Å². The first kappa shape index (κ1) is 7.52. The van der Waals surface area contributed by atoms with Crippen LogP contribution in [0.15, 0.2) is 26.0 Å². The number of halogens is 2. The highest BCUT2D eigenvalue weighted by atomic mass is 79.9. The van der Waals surface area contributed by atoms with Crippen molar-refractivity contribution >= 4 is 38.1 Å². The van der Waals surface area contributed by atoms with E-state index in [0.717, 1.165) is 14.8 Å². The van der Waals surface area contributed by atoms with Gasteiger partial charge in [-0.25, -0.2) is 10.4 Å². The van der Waals surface area contributed by atoms with Crippen LogP contribution in [-0.2, 0) is 0 Å². The molecule has 0 spiro atoms. The topological polar surface area (TPSA) is 27.6 Å². The van der Waals surface area contributed by atoms with Crippen LogP contribution >= 0.6 is 31.9 Å². The van der Waals surface area contributed by atoms with Crippen LogP contribution in [0.3, 0.4) is 0 Å². The first-order valence-corrected chi connectivity index (χ1v) is 4.56. The van der Waals surface area contributed by atoms with E-state index < -0.39 is 0 Å². The van der Waals surface area contributed by atoms with Gasteiger partial charge in [-0.3, -0.25) is 5.01 Å². The van der Waals surface area contributed by atoms with E-state index in [2.05, 4.69) is 42.3 Å². The molecule has 0 unspecified atom stereocenters. The van der Waals surface area contributed by atoms with Crippen molar-refractivity contribution in [3.05, 3.63) is 27.5 Å². The van der Waals surface area contributed by atoms with Crippen LogP contribution in [0.5, 0.6) is 0 Å².